The number of carbonyl (C=O) groups is 2. The zero-order valence-electron chi connectivity index (χ0n) is 23.7. The molecule has 4 aromatic rings. The standard InChI is InChI=1S/C33H34F3N3O3/c1-3-39-28-11-7-10-25(20-22-12-16-26(17-13-22)33(34,35)36)29(28)30(38-39)31(40)37-27-18-14-24(15-19-27)32(41)42-21(2)23-8-5-4-6-9-23/h4-13,16-17,21,24,27H,3,14-15,18-20H2,1-2H3,(H,37,40)/t21-,24-,27-/m0/s1. The van der Waals surface area contributed by atoms with Gasteiger partial charge < -0.3 is 10.1 Å². The zero-order valence-corrected chi connectivity index (χ0v) is 23.7. The van der Waals surface area contributed by atoms with Gasteiger partial charge in [0.05, 0.1) is 17.0 Å². The molecule has 1 aliphatic carbocycles. The molecule has 1 aliphatic rings. The van der Waals surface area contributed by atoms with Crippen LogP contribution in [0, 0.1) is 5.92 Å². The number of nitrogens with one attached hydrogen (secondary N) is 1. The molecule has 5 rings (SSSR count). The molecular weight excluding hydrogens is 543 g/mol. The first-order valence-electron chi connectivity index (χ1n) is 14.3. The number of hydrogen-bond donors (Lipinski definition) is 1. The molecule has 1 atom stereocenters. The highest BCUT2D eigenvalue weighted by Gasteiger charge is 2.31. The van der Waals surface area contributed by atoms with Crippen LogP contribution in [0.1, 0.15) is 78.4 Å². The Morgan fingerprint density at radius 1 is 0.976 bits per heavy atom. The van der Waals surface area contributed by atoms with E-state index in [4.69, 9.17) is 4.74 Å². The maximum Gasteiger partial charge on any atom is 0.416 e. The molecule has 0 unspecified atom stereocenters. The Balaban J connectivity index is 1.26. The molecule has 1 saturated carbocycles. The predicted molar refractivity (Wildman–Crippen MR) is 154 cm³/mol. The molecular formula is C33H34F3N3O3. The van der Waals surface area contributed by atoms with Crippen LogP contribution in [0.2, 0.25) is 0 Å². The summed E-state index contributed by atoms with van der Waals surface area (Å²) in [6.45, 7) is 4.36. The third kappa shape index (κ3) is 6.50. The molecule has 1 amide bonds. The second kappa shape index (κ2) is 12.4. The summed E-state index contributed by atoms with van der Waals surface area (Å²) in [5.41, 5.74) is 2.87. The Labute approximate surface area is 242 Å². The van der Waals surface area contributed by atoms with Crippen molar-refractivity contribution in [3.05, 3.63) is 101 Å². The van der Waals surface area contributed by atoms with E-state index in [2.05, 4.69) is 10.4 Å². The predicted octanol–water partition coefficient (Wildman–Crippen LogP) is 7.26. The van der Waals surface area contributed by atoms with Gasteiger partial charge in [0.2, 0.25) is 0 Å². The monoisotopic (exact) mass is 577 g/mol. The van der Waals surface area contributed by atoms with E-state index < -0.39 is 11.7 Å². The third-order valence-corrected chi connectivity index (χ3v) is 8.01. The summed E-state index contributed by atoms with van der Waals surface area (Å²) in [6, 6.07) is 20.3. The molecule has 0 aliphatic heterocycles. The molecule has 220 valence electrons. The SMILES string of the molecule is CCn1nc(C(=O)N[C@H]2CC[C@H](C(=O)O[C@@H](C)c3ccccc3)CC2)c2c(Cc3ccc(C(F)(F)F)cc3)cccc21. The average molecular weight is 578 g/mol. The van der Waals surface area contributed by atoms with E-state index in [1.165, 1.54) is 12.1 Å². The van der Waals surface area contributed by atoms with Gasteiger partial charge in [-0.25, -0.2) is 0 Å². The Bertz CT molecular complexity index is 1540. The van der Waals surface area contributed by atoms with Crippen LogP contribution >= 0.6 is 0 Å². The summed E-state index contributed by atoms with van der Waals surface area (Å²) in [4.78, 5) is 26.3. The molecule has 1 fully saturated rings. The van der Waals surface area contributed by atoms with E-state index in [9.17, 15) is 22.8 Å². The lowest BCUT2D eigenvalue weighted by atomic mass is 9.86. The van der Waals surface area contributed by atoms with Gasteiger partial charge in [0.1, 0.15) is 6.10 Å². The Kier molecular flexibility index (Phi) is 8.66. The van der Waals surface area contributed by atoms with Crippen molar-refractivity contribution < 1.29 is 27.5 Å². The number of aryl methyl sites for hydroxylation is 1. The second-order valence-electron chi connectivity index (χ2n) is 10.9. The van der Waals surface area contributed by atoms with Gasteiger partial charge in [0.15, 0.2) is 5.69 Å². The molecule has 1 aromatic heterocycles. The van der Waals surface area contributed by atoms with Crippen LogP contribution in [0.3, 0.4) is 0 Å². The van der Waals surface area contributed by atoms with Crippen molar-refractivity contribution >= 4 is 22.8 Å². The molecule has 6 nitrogen and oxygen atoms in total. The van der Waals surface area contributed by atoms with E-state index in [1.54, 1.807) is 4.68 Å². The van der Waals surface area contributed by atoms with Gasteiger partial charge in [-0.05, 0) is 80.8 Å². The first-order valence-corrected chi connectivity index (χ1v) is 14.3. The minimum absolute atomic E-state index is 0.100. The molecule has 9 heteroatoms. The van der Waals surface area contributed by atoms with E-state index in [0.29, 0.717) is 55.3 Å². The minimum atomic E-state index is -4.40. The van der Waals surface area contributed by atoms with Crippen LogP contribution in [0.25, 0.3) is 10.9 Å². The summed E-state index contributed by atoms with van der Waals surface area (Å²) >= 11 is 0. The van der Waals surface area contributed by atoms with Crippen molar-refractivity contribution in [1.82, 2.24) is 15.1 Å². The van der Waals surface area contributed by atoms with Crippen molar-refractivity contribution in [2.24, 2.45) is 5.92 Å². The Hall–Kier alpha value is -4.14. The summed E-state index contributed by atoms with van der Waals surface area (Å²) < 4.78 is 46.6. The number of esters is 1. The highest BCUT2D eigenvalue weighted by molar-refractivity contribution is 6.06. The van der Waals surface area contributed by atoms with Crippen LogP contribution in [0.4, 0.5) is 13.2 Å². The van der Waals surface area contributed by atoms with E-state index in [0.717, 1.165) is 28.8 Å². The van der Waals surface area contributed by atoms with Gasteiger partial charge in [0.25, 0.3) is 5.91 Å². The van der Waals surface area contributed by atoms with Gasteiger partial charge in [-0.3, -0.25) is 14.3 Å². The number of aromatic nitrogens is 2. The van der Waals surface area contributed by atoms with Gasteiger partial charge in [-0.1, -0.05) is 54.6 Å². The lowest BCUT2D eigenvalue weighted by Gasteiger charge is -2.28. The molecule has 3 aromatic carbocycles. The number of benzene rings is 3. The topological polar surface area (TPSA) is 73.2 Å². The molecule has 1 heterocycles. The number of hydrogen-bond acceptors (Lipinski definition) is 4. The lowest BCUT2D eigenvalue weighted by molar-refractivity contribution is -0.154. The molecule has 1 N–H and O–H groups in total. The number of alkyl halides is 3. The Morgan fingerprint density at radius 2 is 1.67 bits per heavy atom. The van der Waals surface area contributed by atoms with Crippen molar-refractivity contribution in [3.63, 3.8) is 0 Å². The van der Waals surface area contributed by atoms with Gasteiger partial charge in [0, 0.05) is 18.0 Å². The van der Waals surface area contributed by atoms with E-state index >= 15 is 0 Å². The first kappa shape index (κ1) is 29.4. The lowest BCUT2D eigenvalue weighted by Crippen LogP contribution is -2.39. The van der Waals surface area contributed by atoms with Gasteiger partial charge in [-0.15, -0.1) is 0 Å². The Morgan fingerprint density at radius 3 is 2.31 bits per heavy atom. The quantitative estimate of drug-likeness (QED) is 0.224. The number of nitrogens with zero attached hydrogens (tertiary/aromatic N) is 2. The van der Waals surface area contributed by atoms with Crippen molar-refractivity contribution in [2.75, 3.05) is 0 Å². The molecule has 0 spiro atoms. The van der Waals surface area contributed by atoms with Crippen molar-refractivity contribution in [2.45, 2.75) is 70.8 Å². The fourth-order valence-electron chi connectivity index (χ4n) is 5.67. The van der Waals surface area contributed by atoms with Gasteiger partial charge in [-0.2, -0.15) is 18.3 Å². The maximum atomic E-state index is 13.5. The van der Waals surface area contributed by atoms with Crippen LogP contribution in [0.15, 0.2) is 72.8 Å². The number of amides is 1. The van der Waals surface area contributed by atoms with Crippen LogP contribution < -0.4 is 5.32 Å². The summed E-state index contributed by atoms with van der Waals surface area (Å²) in [7, 11) is 0. The van der Waals surface area contributed by atoms with Crippen molar-refractivity contribution in [1.29, 1.82) is 0 Å². The van der Waals surface area contributed by atoms with Crippen molar-refractivity contribution in [3.8, 4) is 0 Å². The molecule has 0 bridgehead atoms. The fourth-order valence-corrected chi connectivity index (χ4v) is 5.67. The molecule has 0 radical (unpaired) electrons. The highest BCUT2D eigenvalue weighted by Crippen LogP contribution is 2.31. The second-order valence-corrected chi connectivity index (χ2v) is 10.9. The van der Waals surface area contributed by atoms with E-state index in [-0.39, 0.29) is 29.9 Å². The number of fused-ring (bicyclic) bond motifs is 1. The third-order valence-electron chi connectivity index (χ3n) is 8.01. The van der Waals surface area contributed by atoms with Crippen LogP contribution in [-0.2, 0) is 28.7 Å². The maximum absolute atomic E-state index is 13.5. The highest BCUT2D eigenvalue weighted by atomic mass is 19.4. The van der Waals surface area contributed by atoms with Crippen LogP contribution in [-0.4, -0.2) is 27.7 Å². The summed E-state index contributed by atoms with van der Waals surface area (Å²) in [5, 5.41) is 8.42. The zero-order chi connectivity index (χ0) is 29.9. The summed E-state index contributed by atoms with van der Waals surface area (Å²) in [5.74, 6) is -0.715. The normalized spacial score (nSPS) is 18.0. The fraction of sp³-hybridized carbons (Fsp3) is 0.364. The smallest absolute Gasteiger partial charge is 0.416 e. The largest absolute Gasteiger partial charge is 0.458 e. The first-order chi connectivity index (χ1) is 20.1. The number of carbonyl (C=O) groups excluding carboxylic acids is 2. The number of ether oxygens (including phenoxy) is 1. The average Bonchev–Trinajstić information content (AvgIpc) is 3.38. The molecule has 42 heavy (non-hydrogen) atoms. The number of halogens is 3. The minimum Gasteiger partial charge on any atom is -0.458 e. The summed E-state index contributed by atoms with van der Waals surface area (Å²) in [6.07, 6.45) is -1.82. The van der Waals surface area contributed by atoms with E-state index in [1.807, 2.05) is 62.4 Å². The van der Waals surface area contributed by atoms with Gasteiger partial charge >= 0.3 is 12.1 Å². The van der Waals surface area contributed by atoms with Crippen LogP contribution in [0.5, 0.6) is 0 Å². The molecule has 0 saturated heterocycles. The number of rotatable bonds is 8.